The largest absolute Gasteiger partial charge is 0.488 e. The SMILES string of the molecule is C/N=C/c1cncc(COc2cc(OCc3cccc(-c4cccc(COc5cc(OCc6cncc(C#N)c6)c(CO)cc5Cl)c4C)c3C)c(Cl)cc2CNC(CO)C(=O)O)c1. The molecule has 324 valence electrons. The number of nitrogens with zero attached hydrogens (tertiary/aromatic N) is 4. The van der Waals surface area contributed by atoms with Gasteiger partial charge in [-0.25, -0.2) is 0 Å². The zero-order chi connectivity index (χ0) is 44.9. The van der Waals surface area contributed by atoms with Crippen LogP contribution in [0.15, 0.2) is 103 Å². The van der Waals surface area contributed by atoms with Crippen LogP contribution >= 0.6 is 23.2 Å². The molecule has 6 aromatic rings. The number of carboxylic acids is 1. The fourth-order valence-electron chi connectivity index (χ4n) is 6.70. The van der Waals surface area contributed by atoms with Crippen LogP contribution < -0.4 is 24.3 Å². The molecule has 4 N–H and O–H groups in total. The van der Waals surface area contributed by atoms with Crippen LogP contribution in [0.4, 0.5) is 0 Å². The Morgan fingerprint density at radius 3 is 1.83 bits per heavy atom. The molecular weight excluding hydrogens is 845 g/mol. The van der Waals surface area contributed by atoms with Crippen molar-refractivity contribution in [3.8, 4) is 40.2 Å². The third-order valence-corrected chi connectivity index (χ3v) is 10.8. The molecule has 63 heavy (non-hydrogen) atoms. The number of halogens is 2. The zero-order valence-corrected chi connectivity index (χ0v) is 36.3. The van der Waals surface area contributed by atoms with Crippen LogP contribution in [0.5, 0.6) is 23.0 Å². The number of nitriles is 1. The predicted octanol–water partition coefficient (Wildman–Crippen LogP) is 8.33. The number of aromatic nitrogens is 2. The topological polar surface area (TPSA) is 189 Å². The van der Waals surface area contributed by atoms with E-state index in [1.165, 1.54) is 6.20 Å². The van der Waals surface area contributed by atoms with Crippen molar-refractivity contribution in [3.05, 3.63) is 163 Å². The Balaban J connectivity index is 1.19. The van der Waals surface area contributed by atoms with Gasteiger partial charge in [-0.05, 0) is 71.5 Å². The lowest BCUT2D eigenvalue weighted by Gasteiger charge is -2.19. The van der Waals surface area contributed by atoms with Crippen LogP contribution in [0.1, 0.15) is 55.6 Å². The van der Waals surface area contributed by atoms with Gasteiger partial charge in [0.25, 0.3) is 0 Å². The monoisotopic (exact) mass is 889 g/mol. The van der Waals surface area contributed by atoms with Crippen molar-refractivity contribution in [1.29, 1.82) is 5.26 Å². The molecule has 0 fully saturated rings. The normalized spacial score (nSPS) is 11.6. The number of hydrogen-bond donors (Lipinski definition) is 4. The molecule has 0 aliphatic heterocycles. The number of hydrogen-bond acceptors (Lipinski definition) is 12. The van der Waals surface area contributed by atoms with Gasteiger partial charge in [-0.3, -0.25) is 25.1 Å². The molecule has 4 aromatic carbocycles. The highest BCUT2D eigenvalue weighted by Gasteiger charge is 2.19. The summed E-state index contributed by atoms with van der Waals surface area (Å²) in [5.41, 5.74) is 9.63. The first-order valence-corrected chi connectivity index (χ1v) is 20.5. The van der Waals surface area contributed by atoms with E-state index < -0.39 is 18.6 Å². The van der Waals surface area contributed by atoms with Crippen LogP contribution in [-0.4, -0.2) is 57.2 Å². The molecule has 2 heterocycles. The highest BCUT2D eigenvalue weighted by Crippen LogP contribution is 2.37. The Bertz CT molecular complexity index is 2650. The maximum absolute atomic E-state index is 11.6. The maximum Gasteiger partial charge on any atom is 0.323 e. The molecule has 0 aliphatic rings. The molecule has 0 aliphatic carbocycles. The number of aliphatic imine (C=N–C) groups is 1. The number of benzene rings is 4. The molecule has 0 saturated heterocycles. The van der Waals surface area contributed by atoms with E-state index in [0.29, 0.717) is 55.3 Å². The van der Waals surface area contributed by atoms with Gasteiger partial charge in [0, 0.05) is 84.5 Å². The van der Waals surface area contributed by atoms with Crippen LogP contribution in [-0.2, 0) is 44.4 Å². The number of ether oxygens (including phenoxy) is 4. The van der Waals surface area contributed by atoms with E-state index in [-0.39, 0.29) is 39.6 Å². The molecule has 0 spiro atoms. The van der Waals surface area contributed by atoms with E-state index in [2.05, 4.69) is 38.5 Å². The van der Waals surface area contributed by atoms with Crippen molar-refractivity contribution in [2.75, 3.05) is 13.7 Å². The minimum Gasteiger partial charge on any atom is -0.488 e. The van der Waals surface area contributed by atoms with E-state index in [4.69, 9.17) is 42.1 Å². The number of carboxylic acid groups (broad SMARTS) is 1. The standard InChI is InChI=1S/C48H45Cl2N5O8/c1-29-35(27-62-46-14-44(60-26-34-11-32(17-52-3)19-54-21-34)37(12-41(46)49)22-55-43(24-57)48(58)59)6-4-8-39(29)40-9-5-7-36(30(40)2)28-63-47-15-45(38(23-56)13-42(47)50)61-25-33-10-31(16-51)18-53-20-33/h4-15,17-21,43,55-57H,22-28H2,1-3H3,(H,58,59)/b52-17+. The van der Waals surface area contributed by atoms with Crippen molar-refractivity contribution in [3.63, 3.8) is 0 Å². The number of pyridine rings is 2. The Labute approximate surface area is 375 Å². The Morgan fingerprint density at radius 1 is 0.746 bits per heavy atom. The second-order valence-corrected chi connectivity index (χ2v) is 15.2. The number of aliphatic hydroxyl groups excluding tert-OH is 2. The summed E-state index contributed by atoms with van der Waals surface area (Å²) in [6.45, 7) is 3.88. The van der Waals surface area contributed by atoms with E-state index in [9.17, 15) is 25.4 Å². The van der Waals surface area contributed by atoms with E-state index >= 15 is 0 Å². The summed E-state index contributed by atoms with van der Waals surface area (Å²) in [7, 11) is 1.68. The summed E-state index contributed by atoms with van der Waals surface area (Å²) >= 11 is 13.4. The van der Waals surface area contributed by atoms with Crippen LogP contribution in [0, 0.1) is 25.2 Å². The summed E-state index contributed by atoms with van der Waals surface area (Å²) < 4.78 is 24.8. The zero-order valence-electron chi connectivity index (χ0n) is 34.8. The molecule has 13 nitrogen and oxygen atoms in total. The molecule has 0 amide bonds. The summed E-state index contributed by atoms with van der Waals surface area (Å²) in [5, 5.41) is 41.7. The van der Waals surface area contributed by atoms with Gasteiger partial charge in [0.2, 0.25) is 0 Å². The first-order chi connectivity index (χ1) is 30.5. The van der Waals surface area contributed by atoms with Gasteiger partial charge in [-0.1, -0.05) is 59.6 Å². The van der Waals surface area contributed by atoms with Crippen molar-refractivity contribution in [2.45, 2.75) is 59.5 Å². The van der Waals surface area contributed by atoms with E-state index in [0.717, 1.165) is 44.5 Å². The maximum atomic E-state index is 11.6. The smallest absolute Gasteiger partial charge is 0.323 e. The number of aliphatic hydroxyl groups is 2. The predicted molar refractivity (Wildman–Crippen MR) is 240 cm³/mol. The van der Waals surface area contributed by atoms with Gasteiger partial charge in [-0.2, -0.15) is 5.26 Å². The average Bonchev–Trinajstić information content (AvgIpc) is 3.28. The van der Waals surface area contributed by atoms with Crippen molar-refractivity contribution < 1.29 is 39.1 Å². The van der Waals surface area contributed by atoms with Gasteiger partial charge in [0.15, 0.2) is 0 Å². The Kier molecular flexibility index (Phi) is 16.1. The Hall–Kier alpha value is -6.53. The highest BCUT2D eigenvalue weighted by molar-refractivity contribution is 6.32. The average molecular weight is 891 g/mol. The lowest BCUT2D eigenvalue weighted by atomic mass is 9.92. The van der Waals surface area contributed by atoms with Crippen molar-refractivity contribution in [1.82, 2.24) is 15.3 Å². The van der Waals surface area contributed by atoms with Gasteiger partial charge in [-0.15, -0.1) is 0 Å². The second-order valence-electron chi connectivity index (χ2n) is 14.4. The van der Waals surface area contributed by atoms with Gasteiger partial charge in [0.1, 0.15) is 61.5 Å². The van der Waals surface area contributed by atoms with Gasteiger partial charge >= 0.3 is 5.97 Å². The van der Waals surface area contributed by atoms with Crippen molar-refractivity contribution in [2.24, 2.45) is 4.99 Å². The molecule has 1 atom stereocenters. The third kappa shape index (κ3) is 11.9. The molecule has 0 radical (unpaired) electrons. The molecule has 0 saturated carbocycles. The minimum absolute atomic E-state index is 0.0508. The Morgan fingerprint density at radius 2 is 1.29 bits per heavy atom. The number of nitrogens with one attached hydrogen (secondary N) is 1. The fraction of sp³-hybridized carbons (Fsp3) is 0.229. The molecule has 2 aromatic heterocycles. The molecule has 15 heteroatoms. The van der Waals surface area contributed by atoms with Crippen LogP contribution in [0.25, 0.3) is 11.1 Å². The van der Waals surface area contributed by atoms with Gasteiger partial charge in [0.05, 0.1) is 28.8 Å². The number of aliphatic carboxylic acids is 1. The summed E-state index contributed by atoms with van der Waals surface area (Å²) in [6, 6.07) is 23.1. The lowest BCUT2D eigenvalue weighted by Crippen LogP contribution is -2.39. The lowest BCUT2D eigenvalue weighted by molar-refractivity contribution is -0.140. The number of rotatable bonds is 20. The summed E-state index contributed by atoms with van der Waals surface area (Å²) in [4.78, 5) is 24.0. The number of carbonyl (C=O) groups is 1. The molecule has 6 rings (SSSR count). The quantitative estimate of drug-likeness (QED) is 0.0538. The van der Waals surface area contributed by atoms with Crippen LogP contribution in [0.2, 0.25) is 10.0 Å². The first-order valence-electron chi connectivity index (χ1n) is 19.7. The molecular formula is C48H45Cl2N5O8. The van der Waals surface area contributed by atoms with Gasteiger partial charge < -0.3 is 34.3 Å². The summed E-state index contributed by atoms with van der Waals surface area (Å²) in [6.07, 6.45) is 8.15. The third-order valence-electron chi connectivity index (χ3n) is 10.2. The summed E-state index contributed by atoms with van der Waals surface area (Å²) in [5.74, 6) is 0.360. The molecule has 0 bridgehead atoms. The minimum atomic E-state index is -1.19. The van der Waals surface area contributed by atoms with Crippen LogP contribution in [0.3, 0.4) is 0 Å². The van der Waals surface area contributed by atoms with E-state index in [1.54, 1.807) is 62.2 Å². The fourth-order valence-corrected chi connectivity index (χ4v) is 7.18. The molecule has 1 unspecified atom stereocenters. The second kappa shape index (κ2) is 22.0. The first kappa shape index (κ1) is 46.0. The van der Waals surface area contributed by atoms with E-state index in [1.807, 2.05) is 44.2 Å². The highest BCUT2D eigenvalue weighted by atomic mass is 35.5. The van der Waals surface area contributed by atoms with Crippen molar-refractivity contribution >= 4 is 35.4 Å².